The summed E-state index contributed by atoms with van der Waals surface area (Å²) in [5.74, 6) is -0.132. The number of hydrogen-bond donors (Lipinski definition) is 0. The summed E-state index contributed by atoms with van der Waals surface area (Å²) in [4.78, 5) is 15.6. The van der Waals surface area contributed by atoms with Crippen molar-refractivity contribution in [3.8, 4) is 0 Å². The van der Waals surface area contributed by atoms with Gasteiger partial charge in [-0.25, -0.2) is 8.42 Å². The van der Waals surface area contributed by atoms with E-state index in [2.05, 4.69) is 20.8 Å². The second-order valence-electron chi connectivity index (χ2n) is 9.80. The third kappa shape index (κ3) is 5.01. The fourth-order valence-electron chi connectivity index (χ4n) is 4.04. The molecular weight excluding hydrogens is 420 g/mol. The first-order valence-electron chi connectivity index (χ1n) is 11.5. The molecular formula is C26H36N2O3S. The van der Waals surface area contributed by atoms with Crippen molar-refractivity contribution in [3.63, 3.8) is 0 Å². The van der Waals surface area contributed by atoms with Gasteiger partial charge in [-0.1, -0.05) is 58.0 Å². The first-order valence-corrected chi connectivity index (χ1v) is 12.9. The van der Waals surface area contributed by atoms with Crippen molar-refractivity contribution in [2.75, 3.05) is 10.8 Å². The second-order valence-corrected chi connectivity index (χ2v) is 11.6. The van der Waals surface area contributed by atoms with Gasteiger partial charge in [0.2, 0.25) is 5.91 Å². The lowest BCUT2D eigenvalue weighted by molar-refractivity contribution is -0.132. The molecule has 0 bridgehead atoms. The lowest BCUT2D eigenvalue weighted by atomic mass is 9.87. The molecule has 1 amide bonds. The fraction of sp³-hybridized carbons (Fsp3) is 0.500. The highest BCUT2D eigenvalue weighted by atomic mass is 32.2. The maximum absolute atomic E-state index is 13.9. The van der Waals surface area contributed by atoms with E-state index in [0.717, 1.165) is 30.4 Å². The van der Waals surface area contributed by atoms with E-state index in [1.165, 1.54) is 4.31 Å². The molecule has 0 aromatic heterocycles. The average Bonchev–Trinajstić information content (AvgIpc) is 3.57. The van der Waals surface area contributed by atoms with Crippen molar-refractivity contribution in [1.82, 2.24) is 4.90 Å². The highest BCUT2D eigenvalue weighted by molar-refractivity contribution is 7.93. The Bertz CT molecular complexity index is 1050. The van der Waals surface area contributed by atoms with Crippen molar-refractivity contribution in [3.05, 3.63) is 59.7 Å². The maximum atomic E-state index is 13.9. The summed E-state index contributed by atoms with van der Waals surface area (Å²) in [7, 11) is -3.95. The molecule has 0 radical (unpaired) electrons. The predicted molar refractivity (Wildman–Crippen MR) is 130 cm³/mol. The number of rotatable bonds is 8. The zero-order valence-electron chi connectivity index (χ0n) is 20.1. The van der Waals surface area contributed by atoms with Crippen LogP contribution >= 0.6 is 0 Å². The van der Waals surface area contributed by atoms with E-state index < -0.39 is 16.1 Å². The Morgan fingerprint density at radius 1 is 1.06 bits per heavy atom. The van der Waals surface area contributed by atoms with E-state index >= 15 is 0 Å². The fourth-order valence-corrected chi connectivity index (χ4v) is 5.71. The molecule has 3 rings (SSSR count). The quantitative estimate of drug-likeness (QED) is 0.543. The minimum atomic E-state index is -3.95. The molecule has 5 nitrogen and oxygen atoms in total. The van der Waals surface area contributed by atoms with E-state index in [9.17, 15) is 13.2 Å². The average molecular weight is 457 g/mol. The van der Waals surface area contributed by atoms with Gasteiger partial charge >= 0.3 is 0 Å². The molecule has 1 aliphatic rings. The van der Waals surface area contributed by atoms with Gasteiger partial charge in [-0.15, -0.1) is 0 Å². The summed E-state index contributed by atoms with van der Waals surface area (Å²) < 4.78 is 29.1. The lowest BCUT2D eigenvalue weighted by Gasteiger charge is -2.34. The number of benzene rings is 2. The molecule has 0 saturated heterocycles. The van der Waals surface area contributed by atoms with Gasteiger partial charge < -0.3 is 4.90 Å². The van der Waals surface area contributed by atoms with Gasteiger partial charge in [-0.2, -0.15) is 0 Å². The SMILES string of the molecule is CCCN(C(=O)C(C)N(c1ccccc1C)S(=O)(=O)c1ccc(C(C)(C)C)cc1)C1CC1. The van der Waals surface area contributed by atoms with Crippen LogP contribution in [0.15, 0.2) is 53.4 Å². The van der Waals surface area contributed by atoms with E-state index in [1.807, 2.05) is 49.1 Å². The minimum Gasteiger partial charge on any atom is -0.338 e. The van der Waals surface area contributed by atoms with Crippen LogP contribution in [0, 0.1) is 6.92 Å². The Morgan fingerprint density at radius 3 is 2.16 bits per heavy atom. The molecule has 174 valence electrons. The summed E-state index contributed by atoms with van der Waals surface area (Å²) in [5.41, 5.74) is 2.34. The van der Waals surface area contributed by atoms with Gasteiger partial charge in [0.15, 0.2) is 0 Å². The molecule has 1 unspecified atom stereocenters. The van der Waals surface area contributed by atoms with Crippen molar-refractivity contribution in [2.45, 2.75) is 83.2 Å². The van der Waals surface area contributed by atoms with E-state index in [4.69, 9.17) is 0 Å². The van der Waals surface area contributed by atoms with E-state index in [1.54, 1.807) is 25.1 Å². The standard InChI is InChI=1S/C26H36N2O3S/c1-7-18-27(22-14-15-22)25(29)20(3)28(24-11-9-8-10-19(24)2)32(30,31)23-16-12-21(13-17-23)26(4,5)6/h8-13,16-17,20,22H,7,14-15,18H2,1-6H3. The molecule has 0 spiro atoms. The highest BCUT2D eigenvalue weighted by Gasteiger charge is 2.40. The second kappa shape index (κ2) is 9.26. The van der Waals surface area contributed by atoms with E-state index in [-0.39, 0.29) is 22.3 Å². The van der Waals surface area contributed by atoms with Crippen LogP contribution in [0.3, 0.4) is 0 Å². The van der Waals surface area contributed by atoms with Gasteiger partial charge in [-0.05, 0) is 67.9 Å². The molecule has 1 atom stereocenters. The lowest BCUT2D eigenvalue weighted by Crippen LogP contribution is -2.50. The summed E-state index contributed by atoms with van der Waals surface area (Å²) in [6, 6.07) is 13.8. The molecule has 6 heteroatoms. The Kier molecular flexibility index (Phi) is 7.03. The van der Waals surface area contributed by atoms with Crippen LogP contribution in [0.1, 0.15) is 65.0 Å². The number of hydrogen-bond acceptors (Lipinski definition) is 3. The molecule has 32 heavy (non-hydrogen) atoms. The molecule has 0 aliphatic heterocycles. The summed E-state index contributed by atoms with van der Waals surface area (Å²) >= 11 is 0. The van der Waals surface area contributed by atoms with Crippen molar-refractivity contribution in [1.29, 1.82) is 0 Å². The number of nitrogens with zero attached hydrogens (tertiary/aromatic N) is 2. The molecule has 1 saturated carbocycles. The van der Waals surface area contributed by atoms with Gasteiger partial charge in [0.05, 0.1) is 10.6 Å². The number of para-hydroxylation sites is 1. The zero-order valence-corrected chi connectivity index (χ0v) is 20.9. The molecule has 1 fully saturated rings. The van der Waals surface area contributed by atoms with Crippen LogP contribution in [0.5, 0.6) is 0 Å². The Hall–Kier alpha value is -2.34. The van der Waals surface area contributed by atoms with Crippen LogP contribution in [-0.4, -0.2) is 37.9 Å². The number of sulfonamides is 1. The monoisotopic (exact) mass is 456 g/mol. The first kappa shape index (κ1) is 24.3. The Labute approximate surface area is 193 Å². The van der Waals surface area contributed by atoms with E-state index in [0.29, 0.717) is 12.2 Å². The summed E-state index contributed by atoms with van der Waals surface area (Å²) in [6.07, 6.45) is 2.83. The van der Waals surface area contributed by atoms with Crippen LogP contribution in [0.25, 0.3) is 0 Å². The van der Waals surface area contributed by atoms with Crippen molar-refractivity contribution in [2.24, 2.45) is 0 Å². The normalized spacial score (nSPS) is 15.3. The number of carbonyl (C=O) groups is 1. The number of amides is 1. The molecule has 0 heterocycles. The smallest absolute Gasteiger partial charge is 0.265 e. The van der Waals surface area contributed by atoms with Crippen LogP contribution < -0.4 is 4.31 Å². The first-order chi connectivity index (χ1) is 15.0. The number of aryl methyl sites for hydroxylation is 1. The minimum absolute atomic E-state index is 0.0772. The number of anilines is 1. The molecule has 2 aromatic carbocycles. The van der Waals surface area contributed by atoms with Crippen LogP contribution in [0.2, 0.25) is 0 Å². The van der Waals surface area contributed by atoms with Crippen LogP contribution in [0.4, 0.5) is 5.69 Å². The van der Waals surface area contributed by atoms with Gasteiger partial charge in [-0.3, -0.25) is 9.10 Å². The van der Waals surface area contributed by atoms with Gasteiger partial charge in [0, 0.05) is 12.6 Å². The highest BCUT2D eigenvalue weighted by Crippen LogP contribution is 2.33. The van der Waals surface area contributed by atoms with Crippen molar-refractivity contribution >= 4 is 21.6 Å². The maximum Gasteiger partial charge on any atom is 0.265 e. The van der Waals surface area contributed by atoms with Crippen LogP contribution in [-0.2, 0) is 20.2 Å². The molecule has 0 N–H and O–H groups in total. The van der Waals surface area contributed by atoms with Gasteiger partial charge in [0.25, 0.3) is 10.0 Å². The zero-order chi connectivity index (χ0) is 23.7. The molecule has 2 aromatic rings. The van der Waals surface area contributed by atoms with Gasteiger partial charge in [0.1, 0.15) is 6.04 Å². The Balaban J connectivity index is 2.06. The third-order valence-electron chi connectivity index (χ3n) is 6.07. The summed E-state index contributed by atoms with van der Waals surface area (Å²) in [5, 5.41) is 0. The summed E-state index contributed by atoms with van der Waals surface area (Å²) in [6.45, 7) is 12.6. The molecule has 1 aliphatic carbocycles. The number of carbonyl (C=O) groups excluding carboxylic acids is 1. The predicted octanol–water partition coefficient (Wildman–Crippen LogP) is 5.28. The largest absolute Gasteiger partial charge is 0.338 e. The Morgan fingerprint density at radius 2 is 1.66 bits per heavy atom. The topological polar surface area (TPSA) is 57.7 Å². The van der Waals surface area contributed by atoms with Crippen molar-refractivity contribution < 1.29 is 13.2 Å². The third-order valence-corrected chi connectivity index (χ3v) is 7.97.